The van der Waals surface area contributed by atoms with E-state index in [0.717, 1.165) is 56.6 Å². The third-order valence-electron chi connectivity index (χ3n) is 10.9. The first-order valence-electron chi connectivity index (χ1n) is 13.5. The number of rotatable bonds is 4. The van der Waals surface area contributed by atoms with Gasteiger partial charge in [0.05, 0.1) is 11.7 Å². The molecule has 1 heterocycles. The first kappa shape index (κ1) is 25.3. The standard InChI is InChI=1S/C29H40F3NO2/c1-26-13-11-20(34)16-19(26)5-6-21-22-7-8-24(27(22,2)14-12-23(21)26)28(3,35)15-10-18-4-9-25(33-17-18)29(30,31)32/h4-5,9,17,20-24,34-35H,6-8,10-16H2,1-3H3/t20-,21-,22-,23-,24-,26-,27-,28?/m0/s1. The lowest BCUT2D eigenvalue weighted by atomic mass is 9.46. The third-order valence-corrected chi connectivity index (χ3v) is 10.9. The summed E-state index contributed by atoms with van der Waals surface area (Å²) < 4.78 is 38.5. The lowest BCUT2D eigenvalue weighted by molar-refractivity contribution is -0.141. The molecule has 0 spiro atoms. The summed E-state index contributed by atoms with van der Waals surface area (Å²) in [6.07, 6.45) is 8.52. The number of fused-ring (bicyclic) bond motifs is 5. The normalized spacial score (nSPS) is 40.8. The zero-order chi connectivity index (χ0) is 25.2. The minimum Gasteiger partial charge on any atom is -0.393 e. The SMILES string of the molecule is CC(O)(CCc1ccc(C(F)(F)F)nc1)[C@H]1CC[C@H]2[C@@H]3CC=C4C[C@@H](O)CC[C@]4(C)[C@H]3CC[C@]12C. The van der Waals surface area contributed by atoms with Gasteiger partial charge in [0.1, 0.15) is 5.69 Å². The number of alkyl halides is 3. The average molecular weight is 492 g/mol. The van der Waals surface area contributed by atoms with Gasteiger partial charge in [-0.3, -0.25) is 4.98 Å². The van der Waals surface area contributed by atoms with Crippen molar-refractivity contribution >= 4 is 0 Å². The van der Waals surface area contributed by atoms with Crippen LogP contribution in [-0.2, 0) is 12.6 Å². The van der Waals surface area contributed by atoms with Gasteiger partial charge in [-0.15, -0.1) is 0 Å². The van der Waals surface area contributed by atoms with Crippen molar-refractivity contribution < 1.29 is 23.4 Å². The Kier molecular flexibility index (Phi) is 6.19. The summed E-state index contributed by atoms with van der Waals surface area (Å²) in [5, 5.41) is 21.9. The Morgan fingerprint density at radius 1 is 1.06 bits per heavy atom. The molecule has 4 aliphatic carbocycles. The van der Waals surface area contributed by atoms with Crippen molar-refractivity contribution in [3.8, 4) is 0 Å². The van der Waals surface area contributed by atoms with E-state index in [0.29, 0.717) is 30.6 Å². The molecule has 3 fully saturated rings. The van der Waals surface area contributed by atoms with Crippen molar-refractivity contribution in [2.75, 3.05) is 0 Å². The molecule has 5 rings (SSSR count). The van der Waals surface area contributed by atoms with E-state index in [2.05, 4.69) is 24.9 Å². The molecule has 8 atom stereocenters. The number of aromatic nitrogens is 1. The summed E-state index contributed by atoms with van der Waals surface area (Å²) in [6, 6.07) is 2.53. The maximum Gasteiger partial charge on any atom is 0.433 e. The first-order chi connectivity index (χ1) is 16.3. The number of hydrogen-bond donors (Lipinski definition) is 2. The minimum absolute atomic E-state index is 0.0823. The summed E-state index contributed by atoms with van der Waals surface area (Å²) in [7, 11) is 0. The molecule has 1 aromatic heterocycles. The quantitative estimate of drug-likeness (QED) is 0.460. The number of aryl methyl sites for hydroxylation is 1. The number of pyridine rings is 1. The molecular weight excluding hydrogens is 451 g/mol. The summed E-state index contributed by atoms with van der Waals surface area (Å²) in [5.74, 6) is 2.08. The van der Waals surface area contributed by atoms with Gasteiger partial charge in [-0.05, 0) is 117 Å². The molecule has 3 saturated carbocycles. The summed E-state index contributed by atoms with van der Waals surface area (Å²) in [5.41, 5.74) is 0.764. The highest BCUT2D eigenvalue weighted by Crippen LogP contribution is 2.67. The summed E-state index contributed by atoms with van der Waals surface area (Å²) in [6.45, 7) is 6.77. The zero-order valence-corrected chi connectivity index (χ0v) is 21.2. The Morgan fingerprint density at radius 3 is 2.51 bits per heavy atom. The van der Waals surface area contributed by atoms with E-state index in [4.69, 9.17) is 0 Å². The predicted molar refractivity (Wildman–Crippen MR) is 129 cm³/mol. The monoisotopic (exact) mass is 491 g/mol. The van der Waals surface area contributed by atoms with Crippen LogP contribution in [-0.4, -0.2) is 26.9 Å². The molecule has 0 radical (unpaired) electrons. The lowest BCUT2D eigenvalue weighted by Crippen LogP contribution is -2.53. The molecule has 4 aliphatic rings. The first-order valence-corrected chi connectivity index (χ1v) is 13.5. The van der Waals surface area contributed by atoms with E-state index in [1.165, 1.54) is 24.3 Å². The molecule has 2 N–H and O–H groups in total. The maximum absolute atomic E-state index is 12.8. The van der Waals surface area contributed by atoms with Crippen molar-refractivity contribution in [2.24, 2.45) is 34.5 Å². The fourth-order valence-electron chi connectivity index (χ4n) is 8.97. The van der Waals surface area contributed by atoms with Crippen LogP contribution in [0.25, 0.3) is 0 Å². The second-order valence-electron chi connectivity index (χ2n) is 12.7. The minimum atomic E-state index is -4.43. The van der Waals surface area contributed by atoms with Crippen LogP contribution in [0.3, 0.4) is 0 Å². The molecular formula is C29H40F3NO2. The molecule has 3 nitrogen and oxygen atoms in total. The average Bonchev–Trinajstić information content (AvgIpc) is 3.16. The molecule has 194 valence electrons. The van der Waals surface area contributed by atoms with Gasteiger partial charge in [0.25, 0.3) is 0 Å². The summed E-state index contributed by atoms with van der Waals surface area (Å²) >= 11 is 0. The van der Waals surface area contributed by atoms with Crippen molar-refractivity contribution in [2.45, 2.75) is 103 Å². The Bertz CT molecular complexity index is 971. The molecule has 0 bridgehead atoms. The number of halogens is 3. The van der Waals surface area contributed by atoms with Crippen LogP contribution < -0.4 is 0 Å². The van der Waals surface area contributed by atoms with Gasteiger partial charge >= 0.3 is 6.18 Å². The van der Waals surface area contributed by atoms with E-state index in [9.17, 15) is 23.4 Å². The fraction of sp³-hybridized carbons (Fsp3) is 0.759. The van der Waals surface area contributed by atoms with E-state index < -0.39 is 17.5 Å². The number of aliphatic hydroxyl groups is 2. The molecule has 6 heteroatoms. The van der Waals surface area contributed by atoms with Crippen molar-refractivity contribution in [1.82, 2.24) is 4.98 Å². The second-order valence-corrected chi connectivity index (χ2v) is 12.7. The van der Waals surface area contributed by atoms with Gasteiger partial charge in [0, 0.05) is 6.20 Å². The number of nitrogens with zero attached hydrogens (tertiary/aromatic N) is 1. The third kappa shape index (κ3) is 4.27. The highest BCUT2D eigenvalue weighted by molar-refractivity contribution is 5.26. The van der Waals surface area contributed by atoms with Crippen LogP contribution in [0.15, 0.2) is 30.0 Å². The number of aliphatic hydroxyl groups excluding tert-OH is 1. The van der Waals surface area contributed by atoms with Crippen LogP contribution in [0.4, 0.5) is 13.2 Å². The van der Waals surface area contributed by atoms with Gasteiger partial charge in [-0.2, -0.15) is 13.2 Å². The van der Waals surface area contributed by atoms with Crippen molar-refractivity contribution in [3.63, 3.8) is 0 Å². The van der Waals surface area contributed by atoms with Crippen molar-refractivity contribution in [1.29, 1.82) is 0 Å². The Hall–Kier alpha value is -1.40. The lowest BCUT2D eigenvalue weighted by Gasteiger charge is -2.59. The topological polar surface area (TPSA) is 53.4 Å². The van der Waals surface area contributed by atoms with Crippen LogP contribution >= 0.6 is 0 Å². The van der Waals surface area contributed by atoms with Gasteiger partial charge in [0.15, 0.2) is 0 Å². The van der Waals surface area contributed by atoms with Crippen LogP contribution in [0.5, 0.6) is 0 Å². The Morgan fingerprint density at radius 2 is 1.83 bits per heavy atom. The molecule has 0 aliphatic heterocycles. The van der Waals surface area contributed by atoms with E-state index in [1.807, 2.05) is 6.92 Å². The largest absolute Gasteiger partial charge is 0.433 e. The van der Waals surface area contributed by atoms with Crippen LogP contribution in [0.1, 0.15) is 89.8 Å². The molecule has 35 heavy (non-hydrogen) atoms. The van der Waals surface area contributed by atoms with Crippen LogP contribution in [0.2, 0.25) is 0 Å². The van der Waals surface area contributed by atoms with Gasteiger partial charge < -0.3 is 10.2 Å². The van der Waals surface area contributed by atoms with Gasteiger partial charge in [-0.25, -0.2) is 0 Å². The van der Waals surface area contributed by atoms with Crippen LogP contribution in [0, 0.1) is 34.5 Å². The molecule has 0 saturated heterocycles. The highest BCUT2D eigenvalue weighted by atomic mass is 19.4. The number of allylic oxidation sites excluding steroid dienone is 1. The van der Waals surface area contributed by atoms with Crippen molar-refractivity contribution in [3.05, 3.63) is 41.2 Å². The van der Waals surface area contributed by atoms with E-state index in [1.54, 1.807) is 0 Å². The Labute approximate surface area is 207 Å². The number of hydrogen-bond acceptors (Lipinski definition) is 3. The zero-order valence-electron chi connectivity index (χ0n) is 21.2. The predicted octanol–water partition coefficient (Wildman–Crippen LogP) is 6.72. The summed E-state index contributed by atoms with van der Waals surface area (Å²) in [4.78, 5) is 3.59. The molecule has 1 aromatic rings. The molecule has 0 aromatic carbocycles. The molecule has 1 unspecified atom stereocenters. The fourth-order valence-corrected chi connectivity index (χ4v) is 8.97. The highest BCUT2D eigenvalue weighted by Gasteiger charge is 2.61. The maximum atomic E-state index is 12.8. The second kappa shape index (κ2) is 8.58. The smallest absolute Gasteiger partial charge is 0.393 e. The van der Waals surface area contributed by atoms with E-state index in [-0.39, 0.29) is 22.9 Å². The Balaban J connectivity index is 1.30. The van der Waals surface area contributed by atoms with E-state index >= 15 is 0 Å². The van der Waals surface area contributed by atoms with Gasteiger partial charge in [0.2, 0.25) is 0 Å². The molecule has 0 amide bonds. The van der Waals surface area contributed by atoms with Gasteiger partial charge in [-0.1, -0.05) is 31.6 Å².